The first-order valence-corrected chi connectivity index (χ1v) is 9.69. The normalized spacial score (nSPS) is 13.8. The van der Waals surface area contributed by atoms with Crippen molar-refractivity contribution in [2.24, 2.45) is 11.8 Å². The van der Waals surface area contributed by atoms with E-state index in [0.717, 1.165) is 5.92 Å². The number of hydrogen-bond donors (Lipinski definition) is 0. The van der Waals surface area contributed by atoms with Gasteiger partial charge in [-0.25, -0.2) is 0 Å². The van der Waals surface area contributed by atoms with Crippen LogP contribution in [0, 0.1) is 25.8 Å². The largest absolute Gasteiger partial charge is 0.477 e. The fourth-order valence-corrected chi connectivity index (χ4v) is 1.92. The summed E-state index contributed by atoms with van der Waals surface area (Å²) in [5.41, 5.74) is 0.417. The van der Waals surface area contributed by atoms with E-state index in [1.165, 1.54) is 0 Å². The fraction of sp³-hybridized carbons (Fsp3) is 0.913. The van der Waals surface area contributed by atoms with Crippen LogP contribution in [-0.4, -0.2) is 40.0 Å². The van der Waals surface area contributed by atoms with Crippen molar-refractivity contribution in [2.75, 3.05) is 7.05 Å². The minimum absolute atomic E-state index is 0. The Balaban J connectivity index is -0.0000000962. The zero-order valence-corrected chi connectivity index (χ0v) is 23.0. The predicted octanol–water partition coefficient (Wildman–Crippen LogP) is 7.16. The molecule has 2 atom stereocenters. The molecule has 0 aliphatic carbocycles. The Bertz CT molecular complexity index is 258. The molecule has 0 aromatic rings. The van der Waals surface area contributed by atoms with Gasteiger partial charge in [0.15, 0.2) is 0 Å². The average Bonchev–Trinajstić information content (AvgIpc) is 2.44. The molecular weight excluding hydrogens is 393 g/mol. The van der Waals surface area contributed by atoms with Gasteiger partial charge in [0.1, 0.15) is 0 Å². The van der Waals surface area contributed by atoms with Crippen LogP contribution in [0.25, 0.3) is 0 Å². The van der Waals surface area contributed by atoms with E-state index < -0.39 is 0 Å². The SMILES string of the molecule is C.CC.CC(C)C(C)N(C)C(C)(C)C.[CH2-]C(C(C)C)N([CH2-])C(C)(C)C.[Y]. The summed E-state index contributed by atoms with van der Waals surface area (Å²) in [7, 11) is 6.20. The molecule has 26 heavy (non-hydrogen) atoms. The van der Waals surface area contributed by atoms with Crippen molar-refractivity contribution >= 4 is 0 Å². The molecule has 0 amide bonds. The summed E-state index contributed by atoms with van der Waals surface area (Å²) in [4.78, 5) is 4.50. The molecular formula is C23H54N2Y-2. The summed E-state index contributed by atoms with van der Waals surface area (Å²) in [6.07, 6.45) is 0. The molecule has 2 unspecified atom stereocenters. The van der Waals surface area contributed by atoms with Crippen LogP contribution in [0.5, 0.6) is 0 Å². The van der Waals surface area contributed by atoms with Crippen molar-refractivity contribution in [3.63, 3.8) is 0 Å². The Kier molecular flexibility index (Phi) is 24.6. The molecule has 0 rings (SSSR count). The Morgan fingerprint density at radius 1 is 0.731 bits per heavy atom. The van der Waals surface area contributed by atoms with Crippen LogP contribution in [0.3, 0.4) is 0 Å². The van der Waals surface area contributed by atoms with Gasteiger partial charge in [0, 0.05) is 44.3 Å². The van der Waals surface area contributed by atoms with Gasteiger partial charge in [-0.1, -0.05) is 54.9 Å². The molecule has 0 aromatic heterocycles. The summed E-state index contributed by atoms with van der Waals surface area (Å²) in [6, 6.07) is 0.963. The minimum atomic E-state index is 0. The predicted molar refractivity (Wildman–Crippen MR) is 121 cm³/mol. The molecule has 3 heteroatoms. The standard InChI is InChI=1S/C10H23N.C10H21N.C2H6.CH4.Y/c2*1-8(2)9(3)11(7)10(4,5)6;1-2;;/h8-9H,1-7H3;8-9H,3,7H2,1-2,4-6H3;1-2H3;1H4;/q;-2;;;. The quantitative estimate of drug-likeness (QED) is 0.422. The fourth-order valence-electron chi connectivity index (χ4n) is 1.92. The van der Waals surface area contributed by atoms with Crippen LogP contribution in [0.2, 0.25) is 0 Å². The third-order valence-corrected chi connectivity index (χ3v) is 4.67. The second-order valence-corrected chi connectivity index (χ2v) is 9.22. The van der Waals surface area contributed by atoms with E-state index in [0.29, 0.717) is 23.5 Å². The van der Waals surface area contributed by atoms with Gasteiger partial charge in [-0.05, 0) is 67.0 Å². The second kappa shape index (κ2) is 16.9. The van der Waals surface area contributed by atoms with Crippen molar-refractivity contribution in [1.29, 1.82) is 0 Å². The van der Waals surface area contributed by atoms with Crippen molar-refractivity contribution in [3.05, 3.63) is 14.0 Å². The Hall–Kier alpha value is 1.02. The summed E-state index contributed by atoms with van der Waals surface area (Å²) in [5.74, 6) is 1.30. The molecule has 0 fully saturated rings. The van der Waals surface area contributed by atoms with E-state index in [-0.39, 0.29) is 45.7 Å². The first-order valence-electron chi connectivity index (χ1n) is 9.69. The third-order valence-electron chi connectivity index (χ3n) is 4.67. The Morgan fingerprint density at radius 2 is 1.04 bits per heavy atom. The molecule has 0 saturated heterocycles. The van der Waals surface area contributed by atoms with Gasteiger partial charge < -0.3 is 11.8 Å². The monoisotopic (exact) mass is 447 g/mol. The summed E-state index contributed by atoms with van der Waals surface area (Å²) >= 11 is 0. The van der Waals surface area contributed by atoms with Crippen LogP contribution < -0.4 is 0 Å². The first-order chi connectivity index (χ1) is 10.5. The van der Waals surface area contributed by atoms with E-state index in [9.17, 15) is 0 Å². The van der Waals surface area contributed by atoms with Crippen LogP contribution >= 0.6 is 0 Å². The molecule has 0 aliphatic rings. The molecule has 1 radical (unpaired) electrons. The van der Waals surface area contributed by atoms with Crippen molar-refractivity contribution in [1.82, 2.24) is 9.80 Å². The van der Waals surface area contributed by atoms with Crippen LogP contribution in [0.4, 0.5) is 0 Å². The zero-order chi connectivity index (χ0) is 20.5. The molecule has 0 aromatic carbocycles. The van der Waals surface area contributed by atoms with E-state index in [2.05, 4.69) is 107 Å². The molecule has 161 valence electrons. The van der Waals surface area contributed by atoms with Gasteiger partial charge in [0.05, 0.1) is 0 Å². The minimum Gasteiger partial charge on any atom is -0.477 e. The third kappa shape index (κ3) is 17.1. The van der Waals surface area contributed by atoms with Gasteiger partial charge >= 0.3 is 0 Å². The molecule has 0 aliphatic heterocycles. The number of nitrogens with zero attached hydrogens (tertiary/aromatic N) is 2. The van der Waals surface area contributed by atoms with E-state index in [1.807, 2.05) is 13.8 Å². The zero-order valence-electron chi connectivity index (χ0n) is 20.2. The maximum atomic E-state index is 4.07. The summed E-state index contributed by atoms with van der Waals surface area (Å²) in [5, 5.41) is 0. The number of rotatable bonds is 4. The maximum absolute atomic E-state index is 4.07. The summed E-state index contributed by atoms with van der Waals surface area (Å²) in [6.45, 7) is 32.5. The van der Waals surface area contributed by atoms with E-state index in [1.54, 1.807) is 0 Å². The van der Waals surface area contributed by atoms with Gasteiger partial charge in [-0.15, -0.1) is 6.04 Å². The summed E-state index contributed by atoms with van der Waals surface area (Å²) < 4.78 is 0. The second-order valence-electron chi connectivity index (χ2n) is 9.22. The Morgan fingerprint density at radius 3 is 1.12 bits per heavy atom. The Labute approximate surface area is 195 Å². The van der Waals surface area contributed by atoms with Gasteiger partial charge in [-0.3, -0.25) is 11.9 Å². The first kappa shape index (κ1) is 37.7. The van der Waals surface area contributed by atoms with Crippen molar-refractivity contribution in [3.8, 4) is 0 Å². The topological polar surface area (TPSA) is 6.48 Å². The van der Waals surface area contributed by atoms with Gasteiger partial charge in [-0.2, -0.15) is 0 Å². The van der Waals surface area contributed by atoms with Gasteiger partial charge in [0.2, 0.25) is 0 Å². The average molecular weight is 448 g/mol. The van der Waals surface area contributed by atoms with Gasteiger partial charge in [0.25, 0.3) is 0 Å². The molecule has 0 N–H and O–H groups in total. The van der Waals surface area contributed by atoms with Crippen LogP contribution in [0.1, 0.15) is 97.4 Å². The van der Waals surface area contributed by atoms with E-state index >= 15 is 0 Å². The smallest absolute Gasteiger partial charge is 0.0124 e. The van der Waals surface area contributed by atoms with Crippen molar-refractivity contribution < 1.29 is 32.7 Å². The van der Waals surface area contributed by atoms with Crippen LogP contribution in [0.15, 0.2) is 0 Å². The maximum Gasteiger partial charge on any atom is 0.0124 e. The molecule has 0 spiro atoms. The molecule has 0 heterocycles. The van der Waals surface area contributed by atoms with Crippen LogP contribution in [-0.2, 0) is 32.7 Å². The number of hydrogen-bond acceptors (Lipinski definition) is 2. The molecule has 2 nitrogen and oxygen atoms in total. The van der Waals surface area contributed by atoms with E-state index in [4.69, 9.17) is 0 Å². The molecule has 0 bridgehead atoms. The molecule has 0 saturated carbocycles. The van der Waals surface area contributed by atoms with Crippen molar-refractivity contribution in [2.45, 2.75) is 121 Å².